The highest BCUT2D eigenvalue weighted by atomic mass is 16.5. The molecule has 2 rings (SSSR count). The minimum atomic E-state index is -0.0414. The summed E-state index contributed by atoms with van der Waals surface area (Å²) in [5, 5.41) is 3.04. The van der Waals surface area contributed by atoms with Gasteiger partial charge in [0.2, 0.25) is 0 Å². The fourth-order valence-electron chi connectivity index (χ4n) is 2.44. The van der Waals surface area contributed by atoms with Crippen LogP contribution in [0.25, 0.3) is 0 Å². The maximum atomic E-state index is 12.1. The molecule has 2 heterocycles. The second-order valence-electron chi connectivity index (χ2n) is 5.37. The predicted molar refractivity (Wildman–Crippen MR) is 77.7 cm³/mol. The molecular weight excluding hydrogens is 254 g/mol. The lowest BCUT2D eigenvalue weighted by atomic mass is 9.95. The Bertz CT molecular complexity index is 432. The summed E-state index contributed by atoms with van der Waals surface area (Å²) < 4.78 is 5.40. The largest absolute Gasteiger partial charge is 0.379 e. The van der Waals surface area contributed by atoms with E-state index in [-0.39, 0.29) is 11.4 Å². The molecule has 1 unspecified atom stereocenters. The molecule has 1 atom stereocenters. The van der Waals surface area contributed by atoms with Crippen molar-refractivity contribution in [1.82, 2.24) is 15.2 Å². The van der Waals surface area contributed by atoms with Crippen LogP contribution < -0.4 is 5.32 Å². The first-order chi connectivity index (χ1) is 9.65. The standard InChI is InChI=1S/C15H23N3O2/c1-3-15(2,18-8-10-20-11-9-18)12-17-14(19)13-4-6-16-7-5-13/h4-7H,3,8-12H2,1-2H3,(H,17,19). The highest BCUT2D eigenvalue weighted by Crippen LogP contribution is 2.20. The first kappa shape index (κ1) is 14.9. The van der Waals surface area contributed by atoms with Crippen LogP contribution in [0.3, 0.4) is 0 Å². The monoisotopic (exact) mass is 277 g/mol. The summed E-state index contributed by atoms with van der Waals surface area (Å²) in [6, 6.07) is 3.46. The zero-order valence-electron chi connectivity index (χ0n) is 12.3. The quantitative estimate of drug-likeness (QED) is 0.882. The molecule has 0 aromatic carbocycles. The Labute approximate surface area is 120 Å². The van der Waals surface area contributed by atoms with Crippen LogP contribution in [0.5, 0.6) is 0 Å². The topological polar surface area (TPSA) is 54.5 Å². The number of pyridine rings is 1. The number of carbonyl (C=O) groups excluding carboxylic acids is 1. The van der Waals surface area contributed by atoms with Gasteiger partial charge in [0, 0.05) is 43.1 Å². The first-order valence-electron chi connectivity index (χ1n) is 7.17. The number of carbonyl (C=O) groups is 1. The van der Waals surface area contributed by atoms with E-state index >= 15 is 0 Å². The molecule has 5 heteroatoms. The second-order valence-corrected chi connectivity index (χ2v) is 5.37. The predicted octanol–water partition coefficient (Wildman–Crippen LogP) is 1.31. The molecular formula is C15H23N3O2. The Morgan fingerprint density at radius 2 is 2.05 bits per heavy atom. The molecule has 1 amide bonds. The van der Waals surface area contributed by atoms with E-state index in [1.807, 2.05) is 0 Å². The van der Waals surface area contributed by atoms with Gasteiger partial charge in [-0.2, -0.15) is 0 Å². The molecule has 5 nitrogen and oxygen atoms in total. The van der Waals surface area contributed by atoms with E-state index in [4.69, 9.17) is 4.74 Å². The van der Waals surface area contributed by atoms with E-state index in [2.05, 4.69) is 29.0 Å². The molecule has 1 N–H and O–H groups in total. The van der Waals surface area contributed by atoms with Crippen LogP contribution in [0.1, 0.15) is 30.6 Å². The molecule has 0 bridgehead atoms. The van der Waals surface area contributed by atoms with Gasteiger partial charge in [0.25, 0.3) is 5.91 Å². The van der Waals surface area contributed by atoms with Crippen molar-refractivity contribution in [2.24, 2.45) is 0 Å². The summed E-state index contributed by atoms with van der Waals surface area (Å²) in [6.45, 7) is 8.40. The molecule has 1 fully saturated rings. The van der Waals surface area contributed by atoms with Crippen molar-refractivity contribution in [2.75, 3.05) is 32.8 Å². The normalized spacial score (nSPS) is 19.3. The molecule has 0 aliphatic carbocycles. The first-order valence-corrected chi connectivity index (χ1v) is 7.17. The van der Waals surface area contributed by atoms with Crippen molar-refractivity contribution in [3.05, 3.63) is 30.1 Å². The van der Waals surface area contributed by atoms with E-state index in [9.17, 15) is 4.79 Å². The average molecular weight is 277 g/mol. The van der Waals surface area contributed by atoms with Gasteiger partial charge < -0.3 is 10.1 Å². The van der Waals surface area contributed by atoms with E-state index in [1.165, 1.54) is 0 Å². The van der Waals surface area contributed by atoms with Gasteiger partial charge in [-0.3, -0.25) is 14.7 Å². The molecule has 1 aromatic heterocycles. The third kappa shape index (κ3) is 3.55. The summed E-state index contributed by atoms with van der Waals surface area (Å²) >= 11 is 0. The lowest BCUT2D eigenvalue weighted by Gasteiger charge is -2.43. The Hall–Kier alpha value is -1.46. The zero-order chi connectivity index (χ0) is 14.4. The molecule has 0 radical (unpaired) electrons. The lowest BCUT2D eigenvalue weighted by molar-refractivity contribution is -0.0169. The number of nitrogens with one attached hydrogen (secondary N) is 1. The van der Waals surface area contributed by atoms with Crippen molar-refractivity contribution < 1.29 is 9.53 Å². The Kier molecular flexibility index (Phi) is 5.09. The van der Waals surface area contributed by atoms with Gasteiger partial charge in [-0.1, -0.05) is 6.92 Å². The van der Waals surface area contributed by atoms with Crippen molar-refractivity contribution >= 4 is 5.91 Å². The second kappa shape index (κ2) is 6.81. The number of morpholine rings is 1. The van der Waals surface area contributed by atoms with Gasteiger partial charge in [-0.05, 0) is 25.5 Å². The zero-order valence-corrected chi connectivity index (χ0v) is 12.3. The number of ether oxygens (including phenoxy) is 1. The van der Waals surface area contributed by atoms with E-state index in [1.54, 1.807) is 24.5 Å². The minimum Gasteiger partial charge on any atom is -0.379 e. The van der Waals surface area contributed by atoms with E-state index in [0.29, 0.717) is 12.1 Å². The fourth-order valence-corrected chi connectivity index (χ4v) is 2.44. The van der Waals surface area contributed by atoms with Gasteiger partial charge in [0.15, 0.2) is 0 Å². The average Bonchev–Trinajstić information content (AvgIpc) is 2.54. The van der Waals surface area contributed by atoms with Crippen LogP contribution in [0.2, 0.25) is 0 Å². The van der Waals surface area contributed by atoms with Crippen molar-refractivity contribution in [1.29, 1.82) is 0 Å². The molecule has 0 saturated carbocycles. The summed E-state index contributed by atoms with van der Waals surface area (Å²) in [6.07, 6.45) is 4.26. The minimum absolute atomic E-state index is 0.0214. The van der Waals surface area contributed by atoms with Crippen LogP contribution in [0, 0.1) is 0 Å². The Balaban J connectivity index is 1.94. The van der Waals surface area contributed by atoms with Crippen molar-refractivity contribution in [2.45, 2.75) is 25.8 Å². The number of rotatable bonds is 5. The number of amides is 1. The van der Waals surface area contributed by atoms with Crippen molar-refractivity contribution in [3.8, 4) is 0 Å². The van der Waals surface area contributed by atoms with Crippen LogP contribution in [0.15, 0.2) is 24.5 Å². The molecule has 1 aliphatic rings. The number of hydrogen-bond donors (Lipinski definition) is 1. The highest BCUT2D eigenvalue weighted by Gasteiger charge is 2.31. The summed E-state index contributed by atoms with van der Waals surface area (Å²) in [4.78, 5) is 18.4. The number of hydrogen-bond acceptors (Lipinski definition) is 4. The maximum Gasteiger partial charge on any atom is 0.251 e. The molecule has 1 aromatic rings. The molecule has 1 saturated heterocycles. The summed E-state index contributed by atoms with van der Waals surface area (Å²) in [5.41, 5.74) is 0.632. The number of aromatic nitrogens is 1. The van der Waals surface area contributed by atoms with Crippen LogP contribution >= 0.6 is 0 Å². The van der Waals surface area contributed by atoms with Crippen LogP contribution in [-0.4, -0.2) is 54.2 Å². The summed E-state index contributed by atoms with van der Waals surface area (Å²) in [7, 11) is 0. The highest BCUT2D eigenvalue weighted by molar-refractivity contribution is 5.94. The lowest BCUT2D eigenvalue weighted by Crippen LogP contribution is -2.56. The Morgan fingerprint density at radius 3 is 2.65 bits per heavy atom. The summed E-state index contributed by atoms with van der Waals surface area (Å²) in [5.74, 6) is -0.0414. The molecule has 1 aliphatic heterocycles. The third-order valence-corrected chi connectivity index (χ3v) is 4.11. The molecule has 110 valence electrons. The SMILES string of the molecule is CCC(C)(CNC(=O)c1ccncc1)N1CCOCC1. The fraction of sp³-hybridized carbons (Fsp3) is 0.600. The van der Waals surface area contributed by atoms with Gasteiger partial charge in [0.1, 0.15) is 0 Å². The third-order valence-electron chi connectivity index (χ3n) is 4.11. The Morgan fingerprint density at radius 1 is 1.40 bits per heavy atom. The molecule has 0 spiro atoms. The van der Waals surface area contributed by atoms with Crippen LogP contribution in [-0.2, 0) is 4.74 Å². The van der Waals surface area contributed by atoms with Gasteiger partial charge in [-0.25, -0.2) is 0 Å². The molecule has 20 heavy (non-hydrogen) atoms. The number of nitrogens with zero attached hydrogens (tertiary/aromatic N) is 2. The smallest absolute Gasteiger partial charge is 0.251 e. The maximum absolute atomic E-state index is 12.1. The van der Waals surface area contributed by atoms with Gasteiger partial charge in [0.05, 0.1) is 13.2 Å². The van der Waals surface area contributed by atoms with E-state index in [0.717, 1.165) is 32.7 Å². The van der Waals surface area contributed by atoms with E-state index < -0.39 is 0 Å². The van der Waals surface area contributed by atoms with Crippen molar-refractivity contribution in [3.63, 3.8) is 0 Å². The van der Waals surface area contributed by atoms with Gasteiger partial charge in [-0.15, -0.1) is 0 Å². The van der Waals surface area contributed by atoms with Crippen LogP contribution in [0.4, 0.5) is 0 Å². The van der Waals surface area contributed by atoms with Gasteiger partial charge >= 0.3 is 0 Å².